The second-order valence-electron chi connectivity index (χ2n) is 7.85. The number of aromatic nitrogens is 1. The van der Waals surface area contributed by atoms with Crippen LogP contribution in [0.5, 0.6) is 5.75 Å². The van der Waals surface area contributed by atoms with Crippen molar-refractivity contribution in [2.45, 2.75) is 13.5 Å². The molecular formula is C28H26N2O5. The van der Waals surface area contributed by atoms with Crippen molar-refractivity contribution in [3.05, 3.63) is 90.0 Å². The molecule has 0 fully saturated rings. The Labute approximate surface area is 203 Å². The van der Waals surface area contributed by atoms with Gasteiger partial charge in [0.05, 0.1) is 18.4 Å². The van der Waals surface area contributed by atoms with E-state index >= 15 is 0 Å². The van der Waals surface area contributed by atoms with Crippen molar-refractivity contribution >= 4 is 28.6 Å². The van der Waals surface area contributed by atoms with Crippen molar-refractivity contribution < 1.29 is 23.9 Å². The fourth-order valence-corrected chi connectivity index (χ4v) is 4.10. The summed E-state index contributed by atoms with van der Waals surface area (Å²) in [5.74, 6) is -0.911. The third kappa shape index (κ3) is 5.09. The van der Waals surface area contributed by atoms with Crippen LogP contribution >= 0.6 is 0 Å². The van der Waals surface area contributed by atoms with E-state index in [9.17, 15) is 14.4 Å². The molecule has 35 heavy (non-hydrogen) atoms. The van der Waals surface area contributed by atoms with E-state index in [0.717, 1.165) is 22.2 Å². The maximum atomic E-state index is 13.3. The topological polar surface area (TPSA) is 86.6 Å². The lowest BCUT2D eigenvalue weighted by Crippen LogP contribution is -2.31. The van der Waals surface area contributed by atoms with Crippen molar-refractivity contribution in [3.8, 4) is 17.0 Å². The first-order valence-electron chi connectivity index (χ1n) is 11.3. The van der Waals surface area contributed by atoms with Gasteiger partial charge in [-0.1, -0.05) is 54.6 Å². The molecule has 0 saturated heterocycles. The first-order valence-corrected chi connectivity index (χ1v) is 11.3. The molecule has 0 aliphatic heterocycles. The molecule has 0 saturated carbocycles. The Hall–Kier alpha value is -4.39. The smallest absolute Gasteiger partial charge is 0.325 e. The van der Waals surface area contributed by atoms with E-state index in [4.69, 9.17) is 9.47 Å². The number of aryl methyl sites for hydroxylation is 1. The van der Waals surface area contributed by atoms with Gasteiger partial charge in [0.15, 0.2) is 6.61 Å². The third-order valence-corrected chi connectivity index (χ3v) is 5.70. The van der Waals surface area contributed by atoms with E-state index in [1.54, 1.807) is 24.3 Å². The summed E-state index contributed by atoms with van der Waals surface area (Å²) in [7, 11) is 1.51. The highest BCUT2D eigenvalue weighted by Crippen LogP contribution is 2.34. The number of benzene rings is 3. The van der Waals surface area contributed by atoms with Crippen LogP contribution in [0.3, 0.4) is 0 Å². The summed E-state index contributed by atoms with van der Waals surface area (Å²) in [6, 6.07) is 24.0. The summed E-state index contributed by atoms with van der Waals surface area (Å²) in [6.45, 7) is 1.92. The number of hydrogen-bond acceptors (Lipinski definition) is 5. The SMILES string of the molecule is CCn1c(-c2ccccc2)c(C(=O)COC(=O)CNC(=O)c2cccc(OC)c2)c2ccccc21. The van der Waals surface area contributed by atoms with Crippen molar-refractivity contribution in [1.29, 1.82) is 0 Å². The fraction of sp³-hybridized carbons (Fsp3) is 0.179. The molecule has 1 heterocycles. The molecular weight excluding hydrogens is 444 g/mol. The van der Waals surface area contributed by atoms with Gasteiger partial charge in [0, 0.05) is 23.0 Å². The summed E-state index contributed by atoms with van der Waals surface area (Å²) >= 11 is 0. The van der Waals surface area contributed by atoms with E-state index in [1.165, 1.54) is 7.11 Å². The molecule has 0 bridgehead atoms. The van der Waals surface area contributed by atoms with Gasteiger partial charge in [-0.05, 0) is 36.8 Å². The van der Waals surface area contributed by atoms with Crippen LogP contribution < -0.4 is 10.1 Å². The highest BCUT2D eigenvalue weighted by atomic mass is 16.5. The van der Waals surface area contributed by atoms with Gasteiger partial charge in [0.25, 0.3) is 5.91 Å². The van der Waals surface area contributed by atoms with Crippen molar-refractivity contribution in [3.63, 3.8) is 0 Å². The molecule has 3 aromatic carbocycles. The number of methoxy groups -OCH3 is 1. The van der Waals surface area contributed by atoms with Crippen molar-refractivity contribution in [2.24, 2.45) is 0 Å². The number of hydrogen-bond donors (Lipinski definition) is 1. The Morgan fingerprint density at radius 3 is 2.40 bits per heavy atom. The van der Waals surface area contributed by atoms with Gasteiger partial charge in [-0.15, -0.1) is 0 Å². The summed E-state index contributed by atoms with van der Waals surface area (Å²) in [5, 5.41) is 3.32. The molecule has 1 N–H and O–H groups in total. The van der Waals surface area contributed by atoms with Crippen LogP contribution in [-0.4, -0.2) is 42.5 Å². The first kappa shape index (κ1) is 23.8. The predicted molar refractivity (Wildman–Crippen MR) is 134 cm³/mol. The zero-order valence-electron chi connectivity index (χ0n) is 19.6. The molecule has 0 radical (unpaired) electrons. The Bertz CT molecular complexity index is 1370. The number of nitrogens with one attached hydrogen (secondary N) is 1. The van der Waals surface area contributed by atoms with Gasteiger partial charge >= 0.3 is 5.97 Å². The molecule has 7 heteroatoms. The number of ether oxygens (including phenoxy) is 2. The largest absolute Gasteiger partial charge is 0.497 e. The minimum atomic E-state index is -0.699. The fourth-order valence-electron chi connectivity index (χ4n) is 4.10. The van der Waals surface area contributed by atoms with E-state index in [1.807, 2.05) is 61.5 Å². The molecule has 1 aromatic heterocycles. The number of carbonyl (C=O) groups is 3. The summed E-state index contributed by atoms with van der Waals surface area (Å²) in [4.78, 5) is 37.9. The molecule has 7 nitrogen and oxygen atoms in total. The van der Waals surface area contributed by atoms with E-state index < -0.39 is 18.5 Å². The molecule has 4 rings (SSSR count). The number of fused-ring (bicyclic) bond motifs is 1. The van der Waals surface area contributed by atoms with Crippen LogP contribution in [0.2, 0.25) is 0 Å². The van der Waals surface area contributed by atoms with E-state index in [2.05, 4.69) is 9.88 Å². The number of para-hydroxylation sites is 1. The maximum absolute atomic E-state index is 13.3. The van der Waals surface area contributed by atoms with Gasteiger partial charge < -0.3 is 19.4 Å². The lowest BCUT2D eigenvalue weighted by molar-refractivity contribution is -0.141. The molecule has 0 aliphatic carbocycles. The minimum absolute atomic E-state index is 0.306. The highest BCUT2D eigenvalue weighted by Gasteiger charge is 2.24. The van der Waals surface area contributed by atoms with Gasteiger partial charge in [-0.2, -0.15) is 0 Å². The standard InChI is InChI=1S/C28H26N2O5/c1-3-30-23-15-8-7-14-22(23)26(27(30)19-10-5-4-6-11-19)24(31)18-35-25(32)17-29-28(33)20-12-9-13-21(16-20)34-2/h4-16H,3,17-18H2,1-2H3,(H,29,33). The quantitative estimate of drug-likeness (QED) is 0.288. The van der Waals surface area contributed by atoms with Gasteiger partial charge in [-0.25, -0.2) is 0 Å². The summed E-state index contributed by atoms with van der Waals surface area (Å²) in [6.07, 6.45) is 0. The first-order chi connectivity index (χ1) is 17.0. The molecule has 0 aliphatic rings. The number of nitrogens with zero attached hydrogens (tertiary/aromatic N) is 1. The molecule has 0 unspecified atom stereocenters. The van der Waals surface area contributed by atoms with Crippen molar-refractivity contribution in [1.82, 2.24) is 9.88 Å². The van der Waals surface area contributed by atoms with Crippen LogP contribution in [0.25, 0.3) is 22.2 Å². The molecule has 178 valence electrons. The second-order valence-corrected chi connectivity index (χ2v) is 7.85. The molecule has 1 amide bonds. The monoisotopic (exact) mass is 470 g/mol. The number of esters is 1. The van der Waals surface area contributed by atoms with Crippen LogP contribution in [0.15, 0.2) is 78.9 Å². The molecule has 0 atom stereocenters. The van der Waals surface area contributed by atoms with Crippen LogP contribution in [0.4, 0.5) is 0 Å². The Kier molecular flexibility index (Phi) is 7.26. The average Bonchev–Trinajstić information content (AvgIpc) is 3.25. The Morgan fingerprint density at radius 1 is 0.914 bits per heavy atom. The van der Waals surface area contributed by atoms with Crippen molar-refractivity contribution in [2.75, 3.05) is 20.3 Å². The normalized spacial score (nSPS) is 10.7. The zero-order valence-corrected chi connectivity index (χ0v) is 19.6. The lowest BCUT2D eigenvalue weighted by atomic mass is 10.0. The van der Waals surface area contributed by atoms with Crippen LogP contribution in [0.1, 0.15) is 27.6 Å². The van der Waals surface area contributed by atoms with Crippen LogP contribution in [-0.2, 0) is 16.1 Å². The average molecular weight is 471 g/mol. The number of ketones is 1. The summed E-state index contributed by atoms with van der Waals surface area (Å²) in [5.41, 5.74) is 3.51. The highest BCUT2D eigenvalue weighted by molar-refractivity contribution is 6.14. The number of amides is 1. The predicted octanol–water partition coefficient (Wildman–Crippen LogP) is 4.49. The Morgan fingerprint density at radius 2 is 1.66 bits per heavy atom. The van der Waals surface area contributed by atoms with Gasteiger partial charge in [0.1, 0.15) is 12.3 Å². The Balaban J connectivity index is 1.49. The number of Topliss-reactive ketones (excluding diaryl/α,β-unsaturated/α-hetero) is 1. The second kappa shape index (κ2) is 10.7. The number of carbonyl (C=O) groups excluding carboxylic acids is 3. The molecule has 0 spiro atoms. The third-order valence-electron chi connectivity index (χ3n) is 5.70. The van der Waals surface area contributed by atoms with Gasteiger partial charge in [-0.3, -0.25) is 14.4 Å². The summed E-state index contributed by atoms with van der Waals surface area (Å²) < 4.78 is 12.4. The minimum Gasteiger partial charge on any atom is -0.497 e. The number of rotatable bonds is 9. The van der Waals surface area contributed by atoms with Crippen LogP contribution in [0, 0.1) is 0 Å². The molecule has 4 aromatic rings. The van der Waals surface area contributed by atoms with E-state index in [0.29, 0.717) is 23.4 Å². The van der Waals surface area contributed by atoms with Gasteiger partial charge in [0.2, 0.25) is 5.78 Å². The van der Waals surface area contributed by atoms with E-state index in [-0.39, 0.29) is 12.3 Å². The maximum Gasteiger partial charge on any atom is 0.325 e. The lowest BCUT2D eigenvalue weighted by Gasteiger charge is -2.11. The zero-order chi connectivity index (χ0) is 24.8.